The molecule has 1 amide bonds. The van der Waals surface area contributed by atoms with Gasteiger partial charge in [0, 0.05) is 25.1 Å². The van der Waals surface area contributed by atoms with Gasteiger partial charge in [-0.1, -0.05) is 0 Å². The lowest BCUT2D eigenvalue weighted by Gasteiger charge is -2.11. The zero-order valence-electron chi connectivity index (χ0n) is 17.4. The number of hydrogen-bond donors (Lipinski definition) is 2. The van der Waals surface area contributed by atoms with Gasteiger partial charge in [-0.05, 0) is 37.5 Å². The minimum absolute atomic E-state index is 0.107. The lowest BCUT2D eigenvalue weighted by atomic mass is 10.2. The number of fused-ring (bicyclic) bond motifs is 1. The summed E-state index contributed by atoms with van der Waals surface area (Å²) in [6.07, 6.45) is 4.44. The third-order valence-corrected chi connectivity index (χ3v) is 5.55. The van der Waals surface area contributed by atoms with E-state index >= 15 is 0 Å². The summed E-state index contributed by atoms with van der Waals surface area (Å²) in [5, 5.41) is 10.3. The van der Waals surface area contributed by atoms with Crippen LogP contribution in [0, 0.1) is 4.77 Å². The third kappa shape index (κ3) is 4.46. The van der Waals surface area contributed by atoms with E-state index in [4.69, 9.17) is 21.7 Å². The summed E-state index contributed by atoms with van der Waals surface area (Å²) in [7, 11) is 3.05. The molecule has 10 nitrogen and oxygen atoms in total. The molecule has 1 saturated carbocycles. The number of nitrogens with zero attached hydrogens (tertiary/aromatic N) is 4. The maximum absolute atomic E-state index is 12.8. The third-order valence-electron chi connectivity index (χ3n) is 5.27. The number of amides is 1. The Labute approximate surface area is 183 Å². The minimum atomic E-state index is -0.189. The Balaban J connectivity index is 1.36. The standard InChI is InChI=1S/C20H24N6O4S/c1-29-15-8-13-14(9-16(15)30-2)22-11-25(19(13)28)7-3-4-18(27)21-10-17-23-24-20(31)26(17)12-5-6-12/h8-9,11-12H,3-7,10H2,1-2H3,(H,21,27)(H,24,31). The molecule has 0 bridgehead atoms. The van der Waals surface area contributed by atoms with Crippen LogP contribution in [0.1, 0.15) is 37.5 Å². The van der Waals surface area contributed by atoms with Crippen molar-refractivity contribution in [2.24, 2.45) is 0 Å². The number of aromatic nitrogens is 5. The van der Waals surface area contributed by atoms with Crippen LogP contribution in [-0.2, 0) is 17.9 Å². The molecule has 4 rings (SSSR count). The minimum Gasteiger partial charge on any atom is -0.493 e. The van der Waals surface area contributed by atoms with Crippen molar-refractivity contribution in [3.8, 4) is 11.5 Å². The summed E-state index contributed by atoms with van der Waals surface area (Å²) in [4.78, 5) is 29.4. The molecule has 1 fully saturated rings. The van der Waals surface area contributed by atoms with Crippen LogP contribution in [-0.4, -0.2) is 44.4 Å². The second kappa shape index (κ2) is 8.88. The predicted octanol–water partition coefficient (Wildman–Crippen LogP) is 2.10. The molecule has 2 N–H and O–H groups in total. The van der Waals surface area contributed by atoms with Crippen molar-refractivity contribution in [3.05, 3.63) is 39.4 Å². The summed E-state index contributed by atoms with van der Waals surface area (Å²) in [5.41, 5.74) is 0.340. The number of aryl methyl sites for hydroxylation is 1. The summed E-state index contributed by atoms with van der Waals surface area (Å²) in [6.45, 7) is 0.700. The molecular weight excluding hydrogens is 420 g/mol. The van der Waals surface area contributed by atoms with Gasteiger partial charge in [0.25, 0.3) is 5.56 Å². The Morgan fingerprint density at radius 3 is 2.74 bits per heavy atom. The Hall–Kier alpha value is -3.21. The van der Waals surface area contributed by atoms with Crippen LogP contribution >= 0.6 is 12.2 Å². The summed E-state index contributed by atoms with van der Waals surface area (Å²) in [6, 6.07) is 3.69. The second-order valence-corrected chi connectivity index (χ2v) is 7.78. The maximum atomic E-state index is 12.8. The maximum Gasteiger partial charge on any atom is 0.261 e. The first-order chi connectivity index (χ1) is 15.0. The van der Waals surface area contributed by atoms with E-state index in [0.717, 1.165) is 18.7 Å². The fourth-order valence-corrected chi connectivity index (χ4v) is 3.79. The van der Waals surface area contributed by atoms with E-state index in [9.17, 15) is 9.59 Å². The molecule has 0 atom stereocenters. The lowest BCUT2D eigenvalue weighted by molar-refractivity contribution is -0.121. The molecule has 0 spiro atoms. The first-order valence-electron chi connectivity index (χ1n) is 10.1. The van der Waals surface area contributed by atoms with Gasteiger partial charge in [0.05, 0.1) is 38.0 Å². The summed E-state index contributed by atoms with van der Waals surface area (Å²) < 4.78 is 14.6. The number of nitrogens with one attached hydrogen (secondary N) is 2. The molecule has 0 saturated heterocycles. The fourth-order valence-electron chi connectivity index (χ4n) is 3.49. The number of carbonyl (C=O) groups excluding carboxylic acids is 1. The van der Waals surface area contributed by atoms with E-state index in [1.807, 2.05) is 4.57 Å². The van der Waals surface area contributed by atoms with Crippen molar-refractivity contribution in [2.45, 2.75) is 44.8 Å². The monoisotopic (exact) mass is 444 g/mol. The zero-order valence-corrected chi connectivity index (χ0v) is 18.2. The van der Waals surface area contributed by atoms with Crippen molar-refractivity contribution in [1.29, 1.82) is 0 Å². The van der Waals surface area contributed by atoms with Crippen LogP contribution in [0.4, 0.5) is 0 Å². The summed E-state index contributed by atoms with van der Waals surface area (Å²) >= 11 is 5.25. The fraction of sp³-hybridized carbons (Fsp3) is 0.450. The molecule has 2 aromatic heterocycles. The molecule has 0 radical (unpaired) electrons. The van der Waals surface area contributed by atoms with Gasteiger partial charge in [-0.3, -0.25) is 23.8 Å². The predicted molar refractivity (Wildman–Crippen MR) is 116 cm³/mol. The number of carbonyl (C=O) groups is 1. The van der Waals surface area contributed by atoms with Gasteiger partial charge in [0.1, 0.15) is 0 Å². The molecule has 31 heavy (non-hydrogen) atoms. The number of methoxy groups -OCH3 is 2. The van der Waals surface area contributed by atoms with Crippen LogP contribution in [0.3, 0.4) is 0 Å². The molecule has 11 heteroatoms. The van der Waals surface area contributed by atoms with Gasteiger partial charge in [-0.2, -0.15) is 5.10 Å². The van der Waals surface area contributed by atoms with Gasteiger partial charge < -0.3 is 14.8 Å². The molecule has 3 aromatic rings. The van der Waals surface area contributed by atoms with Gasteiger partial charge in [-0.25, -0.2) is 4.98 Å². The Morgan fingerprint density at radius 2 is 2.03 bits per heavy atom. The number of H-pyrrole nitrogens is 1. The van der Waals surface area contributed by atoms with Gasteiger partial charge in [0.15, 0.2) is 22.1 Å². The molecule has 2 heterocycles. The van der Waals surface area contributed by atoms with Gasteiger partial charge >= 0.3 is 0 Å². The second-order valence-electron chi connectivity index (χ2n) is 7.39. The molecule has 1 aliphatic carbocycles. The first kappa shape index (κ1) is 21.0. The van der Waals surface area contributed by atoms with Crippen molar-refractivity contribution in [3.63, 3.8) is 0 Å². The summed E-state index contributed by atoms with van der Waals surface area (Å²) in [5.74, 6) is 1.61. The molecule has 0 unspecified atom stereocenters. The van der Waals surface area contributed by atoms with Crippen LogP contribution in [0.2, 0.25) is 0 Å². The van der Waals surface area contributed by atoms with Crippen LogP contribution in [0.5, 0.6) is 11.5 Å². The highest BCUT2D eigenvalue weighted by molar-refractivity contribution is 7.71. The smallest absolute Gasteiger partial charge is 0.261 e. The van der Waals surface area contributed by atoms with Crippen LogP contribution < -0.4 is 20.3 Å². The highest BCUT2D eigenvalue weighted by Crippen LogP contribution is 2.35. The topological polar surface area (TPSA) is 116 Å². The van der Waals surface area contributed by atoms with E-state index in [2.05, 4.69) is 20.5 Å². The van der Waals surface area contributed by atoms with Crippen LogP contribution in [0.15, 0.2) is 23.3 Å². The molecule has 164 valence electrons. The normalized spacial score (nSPS) is 13.4. The quantitative estimate of drug-likeness (QED) is 0.486. The zero-order chi connectivity index (χ0) is 22.0. The molecule has 1 aromatic carbocycles. The number of rotatable bonds is 9. The Morgan fingerprint density at radius 1 is 1.29 bits per heavy atom. The Bertz CT molecular complexity index is 1230. The Kier molecular flexibility index (Phi) is 6.03. The van der Waals surface area contributed by atoms with E-state index in [1.54, 1.807) is 12.1 Å². The van der Waals surface area contributed by atoms with Crippen molar-refractivity contribution in [1.82, 2.24) is 29.6 Å². The number of hydrogen-bond acceptors (Lipinski definition) is 7. The SMILES string of the molecule is COc1cc2ncn(CCCC(=O)NCc3n[nH]c(=S)n3C3CC3)c(=O)c2cc1OC. The average Bonchev–Trinajstić information content (AvgIpc) is 3.54. The number of ether oxygens (including phenoxy) is 2. The van der Waals surface area contributed by atoms with Crippen molar-refractivity contribution >= 4 is 29.0 Å². The lowest BCUT2D eigenvalue weighted by Crippen LogP contribution is -2.26. The average molecular weight is 445 g/mol. The first-order valence-corrected chi connectivity index (χ1v) is 10.5. The van der Waals surface area contributed by atoms with Gasteiger partial charge in [0.2, 0.25) is 5.91 Å². The van der Waals surface area contributed by atoms with E-state index in [0.29, 0.717) is 52.7 Å². The van der Waals surface area contributed by atoms with Crippen molar-refractivity contribution in [2.75, 3.05) is 14.2 Å². The van der Waals surface area contributed by atoms with E-state index < -0.39 is 0 Å². The number of benzene rings is 1. The molecular formula is C20H24N6O4S. The van der Waals surface area contributed by atoms with Crippen molar-refractivity contribution < 1.29 is 14.3 Å². The van der Waals surface area contributed by atoms with Crippen LogP contribution in [0.25, 0.3) is 10.9 Å². The highest BCUT2D eigenvalue weighted by atomic mass is 32.1. The highest BCUT2D eigenvalue weighted by Gasteiger charge is 2.27. The number of aromatic amines is 1. The molecule has 0 aliphatic heterocycles. The van der Waals surface area contributed by atoms with Gasteiger partial charge in [-0.15, -0.1) is 0 Å². The van der Waals surface area contributed by atoms with E-state index in [1.165, 1.54) is 25.1 Å². The molecule has 1 aliphatic rings. The largest absolute Gasteiger partial charge is 0.493 e. The van der Waals surface area contributed by atoms with E-state index in [-0.39, 0.29) is 17.9 Å².